The van der Waals surface area contributed by atoms with Gasteiger partial charge in [-0.25, -0.2) is 0 Å². The van der Waals surface area contributed by atoms with Crippen molar-refractivity contribution >= 4 is 35.8 Å². The molecule has 1 aromatic carbocycles. The Labute approximate surface area is 181 Å². The van der Waals surface area contributed by atoms with Gasteiger partial charge in [0, 0.05) is 51.4 Å². The summed E-state index contributed by atoms with van der Waals surface area (Å²) in [7, 11) is 3.41. The highest BCUT2D eigenvalue weighted by molar-refractivity contribution is 14.0. The average molecular weight is 489 g/mol. The van der Waals surface area contributed by atoms with E-state index in [4.69, 9.17) is 0 Å². The first-order chi connectivity index (χ1) is 12.4. The zero-order valence-corrected chi connectivity index (χ0v) is 19.8. The van der Waals surface area contributed by atoms with Crippen molar-refractivity contribution in [1.29, 1.82) is 0 Å². The van der Waals surface area contributed by atoms with E-state index >= 15 is 0 Å². The van der Waals surface area contributed by atoms with E-state index in [9.17, 15) is 4.79 Å². The molecular weight excluding hydrogens is 453 g/mol. The summed E-state index contributed by atoms with van der Waals surface area (Å²) in [5.74, 6) is 0.699. The SMILES string of the molecule is CN=C(NCCCN(C(C)C)C(C)C)NCc1cccc(C(=O)NC)c1.I. The van der Waals surface area contributed by atoms with Crippen LogP contribution in [0.4, 0.5) is 0 Å². The molecule has 0 atom stereocenters. The normalized spacial score (nSPS) is 11.5. The van der Waals surface area contributed by atoms with Gasteiger partial charge in [0.15, 0.2) is 5.96 Å². The predicted molar refractivity (Wildman–Crippen MR) is 125 cm³/mol. The van der Waals surface area contributed by atoms with Gasteiger partial charge in [-0.2, -0.15) is 0 Å². The zero-order valence-electron chi connectivity index (χ0n) is 17.5. The molecule has 0 bridgehead atoms. The summed E-state index contributed by atoms with van der Waals surface area (Å²) in [6.07, 6.45) is 1.06. The van der Waals surface area contributed by atoms with Gasteiger partial charge >= 0.3 is 0 Å². The lowest BCUT2D eigenvalue weighted by atomic mass is 10.1. The highest BCUT2D eigenvalue weighted by Gasteiger charge is 2.12. The predicted octanol–water partition coefficient (Wildman–Crippen LogP) is 2.84. The number of amides is 1. The summed E-state index contributed by atoms with van der Waals surface area (Å²) in [4.78, 5) is 18.5. The molecule has 1 rings (SSSR count). The summed E-state index contributed by atoms with van der Waals surface area (Å²) in [6, 6.07) is 8.70. The molecule has 0 aliphatic rings. The molecule has 7 heteroatoms. The van der Waals surface area contributed by atoms with Crippen LogP contribution in [0.1, 0.15) is 50.0 Å². The van der Waals surface area contributed by atoms with Crippen LogP contribution in [0, 0.1) is 0 Å². The maximum atomic E-state index is 11.7. The van der Waals surface area contributed by atoms with Crippen LogP contribution in [0.5, 0.6) is 0 Å². The minimum Gasteiger partial charge on any atom is -0.356 e. The monoisotopic (exact) mass is 489 g/mol. The minimum atomic E-state index is -0.0748. The molecule has 0 aliphatic carbocycles. The minimum absolute atomic E-state index is 0. The van der Waals surface area contributed by atoms with Gasteiger partial charge in [-0.3, -0.25) is 14.7 Å². The van der Waals surface area contributed by atoms with Crippen LogP contribution in [0.15, 0.2) is 29.3 Å². The summed E-state index contributed by atoms with van der Waals surface area (Å²) < 4.78 is 0. The fourth-order valence-electron chi connectivity index (χ4n) is 2.95. The zero-order chi connectivity index (χ0) is 19.5. The van der Waals surface area contributed by atoms with Crippen molar-refractivity contribution < 1.29 is 4.79 Å². The van der Waals surface area contributed by atoms with Gasteiger partial charge < -0.3 is 16.0 Å². The van der Waals surface area contributed by atoms with E-state index in [2.05, 4.69) is 53.5 Å². The van der Waals surface area contributed by atoms with E-state index in [0.29, 0.717) is 24.2 Å². The van der Waals surface area contributed by atoms with Crippen molar-refractivity contribution in [3.8, 4) is 0 Å². The molecule has 3 N–H and O–H groups in total. The van der Waals surface area contributed by atoms with E-state index < -0.39 is 0 Å². The number of halogens is 1. The summed E-state index contributed by atoms with van der Waals surface area (Å²) in [6.45, 7) is 11.5. The van der Waals surface area contributed by atoms with Gasteiger partial charge in [0.05, 0.1) is 0 Å². The molecule has 1 aromatic rings. The van der Waals surface area contributed by atoms with Gasteiger partial charge in [-0.05, 0) is 51.8 Å². The third kappa shape index (κ3) is 9.41. The molecule has 0 fully saturated rings. The van der Waals surface area contributed by atoms with Crippen LogP contribution in [-0.2, 0) is 6.54 Å². The third-order valence-corrected chi connectivity index (χ3v) is 4.31. The number of carbonyl (C=O) groups is 1. The Morgan fingerprint density at radius 2 is 1.81 bits per heavy atom. The molecule has 6 nitrogen and oxygen atoms in total. The van der Waals surface area contributed by atoms with Crippen LogP contribution in [0.25, 0.3) is 0 Å². The van der Waals surface area contributed by atoms with Crippen LogP contribution in [0.3, 0.4) is 0 Å². The lowest BCUT2D eigenvalue weighted by Crippen LogP contribution is -2.41. The second-order valence-electron chi connectivity index (χ2n) is 6.91. The number of aliphatic imine (C=N–C) groups is 1. The molecule has 0 radical (unpaired) electrons. The van der Waals surface area contributed by atoms with Crippen LogP contribution in [-0.4, -0.2) is 56.0 Å². The molecule has 27 heavy (non-hydrogen) atoms. The number of benzene rings is 1. The Balaban J connectivity index is 0.00000676. The van der Waals surface area contributed by atoms with Gasteiger partial charge in [-0.15, -0.1) is 24.0 Å². The van der Waals surface area contributed by atoms with Crippen molar-refractivity contribution in [3.05, 3.63) is 35.4 Å². The second kappa shape index (κ2) is 13.8. The van der Waals surface area contributed by atoms with Crippen molar-refractivity contribution in [1.82, 2.24) is 20.9 Å². The van der Waals surface area contributed by atoms with Crippen LogP contribution in [0.2, 0.25) is 0 Å². The molecule has 154 valence electrons. The highest BCUT2D eigenvalue weighted by atomic mass is 127. The topological polar surface area (TPSA) is 68.8 Å². The van der Waals surface area contributed by atoms with E-state index in [-0.39, 0.29) is 29.9 Å². The van der Waals surface area contributed by atoms with Crippen molar-refractivity contribution in [2.24, 2.45) is 4.99 Å². The smallest absolute Gasteiger partial charge is 0.251 e. The standard InChI is InChI=1S/C20H35N5O.HI/c1-15(2)25(16(3)4)12-8-11-23-20(22-6)24-14-17-9-7-10-18(13-17)19(26)21-5;/h7,9-10,13,15-16H,8,11-12,14H2,1-6H3,(H,21,26)(H2,22,23,24);1H. The number of nitrogens with zero attached hydrogens (tertiary/aromatic N) is 2. The van der Waals surface area contributed by atoms with Gasteiger partial charge in [0.1, 0.15) is 0 Å². The Bertz CT molecular complexity index is 581. The van der Waals surface area contributed by atoms with Crippen LogP contribution >= 0.6 is 24.0 Å². The van der Waals surface area contributed by atoms with E-state index in [1.54, 1.807) is 14.1 Å². The number of rotatable bonds is 9. The second-order valence-corrected chi connectivity index (χ2v) is 6.91. The number of hydrogen-bond donors (Lipinski definition) is 3. The van der Waals surface area contributed by atoms with Gasteiger partial charge in [0.25, 0.3) is 5.91 Å². The van der Waals surface area contributed by atoms with E-state index in [0.717, 1.165) is 31.0 Å². The average Bonchev–Trinajstić information content (AvgIpc) is 2.62. The fraction of sp³-hybridized carbons (Fsp3) is 0.600. The molecule has 0 aromatic heterocycles. The quantitative estimate of drug-likeness (QED) is 0.216. The van der Waals surface area contributed by atoms with Gasteiger partial charge in [-0.1, -0.05) is 12.1 Å². The van der Waals surface area contributed by atoms with Crippen molar-refractivity contribution in [2.75, 3.05) is 27.2 Å². The molecule has 1 amide bonds. The first kappa shape index (κ1) is 25.6. The Morgan fingerprint density at radius 3 is 2.37 bits per heavy atom. The number of hydrogen-bond acceptors (Lipinski definition) is 3. The first-order valence-corrected chi connectivity index (χ1v) is 9.40. The van der Waals surface area contributed by atoms with E-state index in [1.807, 2.05) is 24.3 Å². The van der Waals surface area contributed by atoms with Crippen molar-refractivity contribution in [2.45, 2.75) is 52.7 Å². The third-order valence-electron chi connectivity index (χ3n) is 4.31. The molecule has 0 heterocycles. The first-order valence-electron chi connectivity index (χ1n) is 9.40. The molecular formula is C20H36IN5O. The molecule has 0 spiro atoms. The van der Waals surface area contributed by atoms with Crippen LogP contribution < -0.4 is 16.0 Å². The van der Waals surface area contributed by atoms with E-state index in [1.165, 1.54) is 0 Å². The number of nitrogens with one attached hydrogen (secondary N) is 3. The highest BCUT2D eigenvalue weighted by Crippen LogP contribution is 2.06. The Hall–Kier alpha value is -1.35. The molecule has 0 saturated carbocycles. The number of carbonyl (C=O) groups excluding carboxylic acids is 1. The largest absolute Gasteiger partial charge is 0.356 e. The fourth-order valence-corrected chi connectivity index (χ4v) is 2.95. The molecule has 0 aliphatic heterocycles. The number of guanidine groups is 1. The Kier molecular flexibility index (Phi) is 13.1. The Morgan fingerprint density at radius 1 is 1.15 bits per heavy atom. The molecule has 0 saturated heterocycles. The molecule has 0 unspecified atom stereocenters. The lowest BCUT2D eigenvalue weighted by Gasteiger charge is -2.30. The maximum Gasteiger partial charge on any atom is 0.251 e. The van der Waals surface area contributed by atoms with Gasteiger partial charge in [0.2, 0.25) is 0 Å². The summed E-state index contributed by atoms with van der Waals surface area (Å²) in [5, 5.41) is 9.30. The summed E-state index contributed by atoms with van der Waals surface area (Å²) in [5.41, 5.74) is 1.71. The van der Waals surface area contributed by atoms with Crippen molar-refractivity contribution in [3.63, 3.8) is 0 Å². The maximum absolute atomic E-state index is 11.7. The summed E-state index contributed by atoms with van der Waals surface area (Å²) >= 11 is 0. The lowest BCUT2D eigenvalue weighted by molar-refractivity contribution is 0.0963.